The average molecular weight is 401 g/mol. The third-order valence-corrected chi connectivity index (χ3v) is 7.51. The van der Waals surface area contributed by atoms with E-state index in [1.807, 2.05) is 51.1 Å². The molecule has 2 amide bonds. The van der Waals surface area contributed by atoms with Crippen molar-refractivity contribution in [2.45, 2.75) is 49.5 Å². The van der Waals surface area contributed by atoms with Gasteiger partial charge in [-0.1, -0.05) is 62.4 Å². The predicted molar refractivity (Wildman–Crippen MR) is 111 cm³/mol. The van der Waals surface area contributed by atoms with Crippen LogP contribution in [0.2, 0.25) is 0 Å². The maximum atomic E-state index is 13.6. The Bertz CT molecular complexity index is 913. The molecule has 1 aliphatic rings. The zero-order chi connectivity index (χ0) is 20.5. The van der Waals surface area contributed by atoms with E-state index in [0.717, 1.165) is 5.56 Å². The summed E-state index contributed by atoms with van der Waals surface area (Å²) >= 11 is 0. The molecule has 2 aromatic rings. The Morgan fingerprint density at radius 3 is 2.04 bits per heavy atom. The molecular weight excluding hydrogens is 372 g/mol. The van der Waals surface area contributed by atoms with Crippen LogP contribution in [0, 0.1) is 5.92 Å². The highest BCUT2D eigenvalue weighted by atomic mass is 32.2. The van der Waals surface area contributed by atoms with Crippen LogP contribution in [0.15, 0.2) is 65.6 Å². The molecule has 1 aliphatic heterocycles. The zero-order valence-electron chi connectivity index (χ0n) is 16.8. The minimum absolute atomic E-state index is 0.119. The lowest BCUT2D eigenvalue weighted by Crippen LogP contribution is -2.45. The first-order valence-electron chi connectivity index (χ1n) is 9.64. The number of amides is 2. The van der Waals surface area contributed by atoms with E-state index in [9.17, 15) is 13.2 Å². The van der Waals surface area contributed by atoms with Gasteiger partial charge in [-0.2, -0.15) is 0 Å². The van der Waals surface area contributed by atoms with Crippen LogP contribution in [0.3, 0.4) is 0 Å². The summed E-state index contributed by atoms with van der Waals surface area (Å²) in [5.41, 5.74) is 0.949. The summed E-state index contributed by atoms with van der Waals surface area (Å²) in [6, 6.07) is 17.4. The zero-order valence-corrected chi connectivity index (χ0v) is 17.6. The van der Waals surface area contributed by atoms with Crippen molar-refractivity contribution in [1.29, 1.82) is 0 Å². The van der Waals surface area contributed by atoms with Crippen LogP contribution in [0.25, 0.3) is 0 Å². The van der Waals surface area contributed by atoms with Gasteiger partial charge in [-0.25, -0.2) is 13.2 Å². The number of sulfone groups is 1. The molecule has 3 rings (SSSR count). The molecular formula is C22H28N2O3S. The molecule has 0 spiro atoms. The minimum atomic E-state index is -3.72. The van der Waals surface area contributed by atoms with E-state index in [2.05, 4.69) is 0 Å². The Morgan fingerprint density at radius 1 is 0.964 bits per heavy atom. The highest BCUT2D eigenvalue weighted by Crippen LogP contribution is 2.40. The highest BCUT2D eigenvalue weighted by molar-refractivity contribution is 7.92. The Balaban J connectivity index is 2.13. The van der Waals surface area contributed by atoms with Crippen LogP contribution in [-0.4, -0.2) is 42.7 Å². The van der Waals surface area contributed by atoms with Crippen molar-refractivity contribution in [3.8, 4) is 0 Å². The number of nitrogens with zero attached hydrogens (tertiary/aromatic N) is 2. The van der Waals surface area contributed by atoms with Crippen molar-refractivity contribution in [1.82, 2.24) is 9.80 Å². The summed E-state index contributed by atoms with van der Waals surface area (Å²) < 4.78 is 27.2. The molecule has 6 heteroatoms. The van der Waals surface area contributed by atoms with Crippen molar-refractivity contribution in [3.63, 3.8) is 0 Å². The van der Waals surface area contributed by atoms with Gasteiger partial charge in [0.25, 0.3) is 0 Å². The number of hydrogen-bond acceptors (Lipinski definition) is 3. The summed E-state index contributed by atoms with van der Waals surface area (Å²) in [4.78, 5) is 16.7. The maximum absolute atomic E-state index is 13.6. The normalized spacial score (nSPS) is 21.4. The largest absolute Gasteiger partial charge is 0.323 e. The summed E-state index contributed by atoms with van der Waals surface area (Å²) in [5, 5.41) is -0.917. The Kier molecular flexibility index (Phi) is 5.79. The molecule has 0 unspecified atom stereocenters. The number of rotatable bonds is 6. The number of urea groups is 1. The van der Waals surface area contributed by atoms with Crippen molar-refractivity contribution in [3.05, 3.63) is 66.2 Å². The Hall–Kier alpha value is -2.34. The van der Waals surface area contributed by atoms with Gasteiger partial charge in [-0.15, -0.1) is 0 Å². The Labute approximate surface area is 167 Å². The van der Waals surface area contributed by atoms with Crippen LogP contribution in [0.4, 0.5) is 4.79 Å². The molecule has 3 atom stereocenters. The van der Waals surface area contributed by atoms with Gasteiger partial charge in [-0.3, -0.25) is 4.90 Å². The molecule has 0 radical (unpaired) electrons. The lowest BCUT2D eigenvalue weighted by Gasteiger charge is -2.34. The molecule has 1 saturated heterocycles. The number of carbonyl (C=O) groups excluding carboxylic acids is 1. The molecule has 0 saturated carbocycles. The Morgan fingerprint density at radius 2 is 1.50 bits per heavy atom. The molecule has 1 heterocycles. The first-order chi connectivity index (χ1) is 13.2. The van der Waals surface area contributed by atoms with Crippen molar-refractivity contribution in [2.24, 2.45) is 5.92 Å². The molecule has 2 aromatic carbocycles. The van der Waals surface area contributed by atoms with Crippen LogP contribution < -0.4 is 0 Å². The third-order valence-electron chi connectivity index (χ3n) is 5.44. The van der Waals surface area contributed by atoms with E-state index < -0.39 is 15.2 Å². The average Bonchev–Trinajstić information content (AvgIpc) is 2.91. The SMILES string of the molecule is CC(C)C[C@@H](N1C(=O)N(C)[C@@H](C)[C@H]1c1ccccc1)S(=O)(=O)c1ccccc1. The number of carbonyl (C=O) groups is 1. The van der Waals surface area contributed by atoms with Crippen molar-refractivity contribution in [2.75, 3.05) is 7.05 Å². The van der Waals surface area contributed by atoms with Gasteiger partial charge in [-0.05, 0) is 37.0 Å². The van der Waals surface area contributed by atoms with E-state index in [1.165, 1.54) is 0 Å². The second kappa shape index (κ2) is 7.95. The van der Waals surface area contributed by atoms with Gasteiger partial charge >= 0.3 is 6.03 Å². The molecule has 5 nitrogen and oxygen atoms in total. The molecule has 0 bridgehead atoms. The maximum Gasteiger partial charge on any atom is 0.321 e. The van der Waals surface area contributed by atoms with Gasteiger partial charge in [0.05, 0.1) is 17.0 Å². The number of benzene rings is 2. The van der Waals surface area contributed by atoms with Gasteiger partial charge in [0.1, 0.15) is 5.37 Å². The quantitative estimate of drug-likeness (QED) is 0.725. The first kappa shape index (κ1) is 20.4. The highest BCUT2D eigenvalue weighted by Gasteiger charge is 2.49. The third kappa shape index (κ3) is 3.65. The van der Waals surface area contributed by atoms with Crippen molar-refractivity contribution >= 4 is 15.9 Å². The van der Waals surface area contributed by atoms with E-state index in [-0.39, 0.29) is 28.9 Å². The van der Waals surface area contributed by atoms with Crippen LogP contribution in [-0.2, 0) is 9.84 Å². The summed E-state index contributed by atoms with van der Waals surface area (Å²) in [6.45, 7) is 5.94. The van der Waals surface area contributed by atoms with Crippen LogP contribution in [0.1, 0.15) is 38.8 Å². The molecule has 150 valence electrons. The summed E-state index contributed by atoms with van der Waals surface area (Å²) in [5.74, 6) is 0.119. The predicted octanol–water partition coefficient (Wildman–Crippen LogP) is 4.33. The topological polar surface area (TPSA) is 57.7 Å². The second-order valence-electron chi connectivity index (χ2n) is 7.84. The minimum Gasteiger partial charge on any atom is -0.323 e. The lowest BCUT2D eigenvalue weighted by molar-refractivity contribution is 0.179. The monoisotopic (exact) mass is 400 g/mol. The lowest BCUT2D eigenvalue weighted by atomic mass is 9.99. The summed E-state index contributed by atoms with van der Waals surface area (Å²) in [6.07, 6.45) is 0.382. The van der Waals surface area contributed by atoms with Gasteiger partial charge in [0.15, 0.2) is 9.84 Å². The molecule has 1 fully saturated rings. The first-order valence-corrected chi connectivity index (χ1v) is 11.2. The van der Waals surface area contributed by atoms with Crippen LogP contribution in [0.5, 0.6) is 0 Å². The fraction of sp³-hybridized carbons (Fsp3) is 0.409. The number of hydrogen-bond donors (Lipinski definition) is 0. The fourth-order valence-corrected chi connectivity index (χ4v) is 5.88. The smallest absolute Gasteiger partial charge is 0.321 e. The van der Waals surface area contributed by atoms with E-state index >= 15 is 0 Å². The molecule has 28 heavy (non-hydrogen) atoms. The van der Waals surface area contributed by atoms with E-state index in [0.29, 0.717) is 6.42 Å². The summed E-state index contributed by atoms with van der Waals surface area (Å²) in [7, 11) is -1.98. The number of likely N-dealkylation sites (N-methyl/N-ethyl adjacent to an activating group) is 1. The van der Waals surface area contributed by atoms with E-state index in [1.54, 1.807) is 47.2 Å². The van der Waals surface area contributed by atoms with Crippen LogP contribution >= 0.6 is 0 Å². The molecule has 0 aliphatic carbocycles. The van der Waals surface area contributed by atoms with Gasteiger partial charge < -0.3 is 4.90 Å². The van der Waals surface area contributed by atoms with Gasteiger partial charge in [0, 0.05) is 7.05 Å². The fourth-order valence-electron chi connectivity index (χ4n) is 3.87. The van der Waals surface area contributed by atoms with Gasteiger partial charge in [0.2, 0.25) is 0 Å². The van der Waals surface area contributed by atoms with Crippen molar-refractivity contribution < 1.29 is 13.2 Å². The molecule has 0 aromatic heterocycles. The second-order valence-corrected chi connectivity index (χ2v) is 9.94. The standard InChI is InChI=1S/C22H28N2O3S/c1-16(2)15-20(28(26,27)19-13-9-6-10-14-19)24-21(17(3)23(4)22(24)25)18-11-7-5-8-12-18/h5-14,16-17,20-21H,15H2,1-4H3/t17-,20-,21-/m0/s1. The van der Waals surface area contributed by atoms with E-state index in [4.69, 9.17) is 0 Å². The molecule has 0 N–H and O–H groups in total.